The minimum Gasteiger partial charge on any atom is -0.409 e. The first-order valence-electron chi connectivity index (χ1n) is 5.62. The van der Waals surface area contributed by atoms with Gasteiger partial charge in [0.05, 0.1) is 6.54 Å². The summed E-state index contributed by atoms with van der Waals surface area (Å²) in [6.45, 7) is 3.01. The van der Waals surface area contributed by atoms with E-state index < -0.39 is 23.1 Å². The van der Waals surface area contributed by atoms with Gasteiger partial charge in [-0.25, -0.2) is 8.78 Å². The van der Waals surface area contributed by atoms with Gasteiger partial charge in [-0.3, -0.25) is 4.79 Å². The fourth-order valence-electron chi connectivity index (χ4n) is 1.57. The zero-order chi connectivity index (χ0) is 14.6. The van der Waals surface area contributed by atoms with Crippen molar-refractivity contribution in [1.29, 1.82) is 0 Å². The van der Waals surface area contributed by atoms with Gasteiger partial charge in [0.25, 0.3) is 5.91 Å². The molecule has 0 unspecified atom stereocenters. The van der Waals surface area contributed by atoms with E-state index >= 15 is 0 Å². The predicted molar refractivity (Wildman–Crippen MR) is 66.1 cm³/mol. The molecule has 0 aliphatic carbocycles. The largest absolute Gasteiger partial charge is 0.409 e. The molecule has 0 radical (unpaired) electrons. The maximum absolute atomic E-state index is 13.8. The van der Waals surface area contributed by atoms with Gasteiger partial charge >= 0.3 is 0 Å². The molecule has 0 aromatic heterocycles. The van der Waals surface area contributed by atoms with Crippen LogP contribution in [0.2, 0.25) is 0 Å². The number of nitrogens with two attached hydrogens (primary N) is 1. The molecule has 104 valence electrons. The predicted octanol–water partition coefficient (Wildman–Crippen LogP) is 1.48. The van der Waals surface area contributed by atoms with Gasteiger partial charge in [-0.1, -0.05) is 11.2 Å². The Morgan fingerprint density at radius 3 is 2.63 bits per heavy atom. The number of oxime groups is 1. The van der Waals surface area contributed by atoms with Crippen LogP contribution in [0.1, 0.15) is 22.8 Å². The Balaban J connectivity index is 3.14. The summed E-state index contributed by atoms with van der Waals surface area (Å²) in [6.07, 6.45) is 0. The average molecular weight is 271 g/mol. The third-order valence-corrected chi connectivity index (χ3v) is 2.65. The van der Waals surface area contributed by atoms with Crippen molar-refractivity contribution in [2.75, 3.05) is 13.1 Å². The summed E-state index contributed by atoms with van der Waals surface area (Å²) in [5.41, 5.74) is 4.83. The number of hydrogen-bond donors (Lipinski definition) is 2. The van der Waals surface area contributed by atoms with Crippen molar-refractivity contribution < 1.29 is 18.8 Å². The summed E-state index contributed by atoms with van der Waals surface area (Å²) in [4.78, 5) is 13.2. The molecule has 7 heteroatoms. The molecule has 0 heterocycles. The highest BCUT2D eigenvalue weighted by molar-refractivity contribution is 5.97. The molecule has 0 bridgehead atoms. The second-order valence-electron chi connectivity index (χ2n) is 3.96. The number of benzene rings is 1. The van der Waals surface area contributed by atoms with Gasteiger partial charge in [-0.2, -0.15) is 0 Å². The Morgan fingerprint density at radius 2 is 2.11 bits per heavy atom. The standard InChI is InChI=1S/C12H15F2N3O2/c1-3-17(6-9(15)16-19)12(18)10-8(13)5-4-7(2)11(10)14/h4-5,19H,3,6H2,1-2H3,(H2,15,16). The van der Waals surface area contributed by atoms with Crippen molar-refractivity contribution in [2.24, 2.45) is 10.9 Å². The van der Waals surface area contributed by atoms with Crippen LogP contribution in [0.3, 0.4) is 0 Å². The summed E-state index contributed by atoms with van der Waals surface area (Å²) >= 11 is 0. The second kappa shape index (κ2) is 6.12. The number of carbonyl (C=O) groups excluding carboxylic acids is 1. The van der Waals surface area contributed by atoms with Crippen LogP contribution in [0.5, 0.6) is 0 Å². The van der Waals surface area contributed by atoms with E-state index in [0.717, 1.165) is 11.0 Å². The van der Waals surface area contributed by atoms with E-state index in [4.69, 9.17) is 10.9 Å². The molecule has 1 rings (SSSR count). The van der Waals surface area contributed by atoms with E-state index in [2.05, 4.69) is 5.16 Å². The van der Waals surface area contributed by atoms with Gasteiger partial charge in [-0.05, 0) is 25.5 Å². The Bertz CT molecular complexity index is 518. The Hall–Kier alpha value is -2.18. The Kier molecular flexibility index (Phi) is 4.80. The van der Waals surface area contributed by atoms with Crippen LogP contribution >= 0.6 is 0 Å². The van der Waals surface area contributed by atoms with Gasteiger partial charge < -0.3 is 15.8 Å². The van der Waals surface area contributed by atoms with E-state index in [1.807, 2.05) is 0 Å². The Morgan fingerprint density at radius 1 is 1.47 bits per heavy atom. The smallest absolute Gasteiger partial charge is 0.260 e. The molecule has 0 fully saturated rings. The molecule has 0 saturated heterocycles. The zero-order valence-electron chi connectivity index (χ0n) is 10.7. The van der Waals surface area contributed by atoms with Crippen molar-refractivity contribution in [1.82, 2.24) is 4.90 Å². The lowest BCUT2D eigenvalue weighted by Crippen LogP contribution is -2.39. The molecule has 0 spiro atoms. The average Bonchev–Trinajstić information content (AvgIpc) is 2.40. The van der Waals surface area contributed by atoms with Crippen LogP contribution in [0.4, 0.5) is 8.78 Å². The number of halogens is 2. The highest BCUT2D eigenvalue weighted by Crippen LogP contribution is 2.18. The van der Waals surface area contributed by atoms with Gasteiger partial charge in [0.15, 0.2) is 5.84 Å². The summed E-state index contributed by atoms with van der Waals surface area (Å²) in [5, 5.41) is 11.2. The quantitative estimate of drug-likeness (QED) is 0.377. The minimum atomic E-state index is -0.939. The maximum atomic E-state index is 13.8. The normalized spacial score (nSPS) is 11.5. The molecule has 1 amide bonds. The van der Waals surface area contributed by atoms with Crippen molar-refractivity contribution in [3.63, 3.8) is 0 Å². The number of hydrogen-bond acceptors (Lipinski definition) is 3. The van der Waals surface area contributed by atoms with Crippen LogP contribution in [-0.4, -0.2) is 34.9 Å². The molecule has 5 nitrogen and oxygen atoms in total. The third-order valence-electron chi connectivity index (χ3n) is 2.65. The zero-order valence-corrected chi connectivity index (χ0v) is 10.7. The lowest BCUT2D eigenvalue weighted by molar-refractivity contribution is 0.0776. The van der Waals surface area contributed by atoms with Crippen molar-refractivity contribution in [3.05, 3.63) is 34.9 Å². The number of amidine groups is 1. The first kappa shape index (κ1) is 14.9. The van der Waals surface area contributed by atoms with Crippen molar-refractivity contribution >= 4 is 11.7 Å². The van der Waals surface area contributed by atoms with Crippen LogP contribution in [0.15, 0.2) is 17.3 Å². The second-order valence-corrected chi connectivity index (χ2v) is 3.96. The number of carbonyl (C=O) groups is 1. The number of aryl methyl sites for hydroxylation is 1. The van der Waals surface area contributed by atoms with E-state index in [0.29, 0.717) is 0 Å². The monoisotopic (exact) mass is 271 g/mol. The van der Waals surface area contributed by atoms with E-state index in [1.54, 1.807) is 6.92 Å². The van der Waals surface area contributed by atoms with Crippen LogP contribution < -0.4 is 5.73 Å². The Labute approximate surface area is 109 Å². The summed E-state index contributed by atoms with van der Waals surface area (Å²) < 4.78 is 27.4. The summed E-state index contributed by atoms with van der Waals surface area (Å²) in [5.74, 6) is -2.90. The number of likely N-dealkylation sites (N-methyl/N-ethyl adjacent to an activating group) is 1. The topological polar surface area (TPSA) is 78.9 Å². The van der Waals surface area contributed by atoms with Crippen molar-refractivity contribution in [3.8, 4) is 0 Å². The van der Waals surface area contributed by atoms with Gasteiger partial charge in [0.2, 0.25) is 0 Å². The first-order chi connectivity index (χ1) is 8.92. The molecular formula is C12H15F2N3O2. The molecule has 19 heavy (non-hydrogen) atoms. The molecule has 0 aliphatic heterocycles. The van der Waals surface area contributed by atoms with E-state index in [9.17, 15) is 13.6 Å². The lowest BCUT2D eigenvalue weighted by atomic mass is 10.1. The third kappa shape index (κ3) is 3.18. The fraction of sp³-hybridized carbons (Fsp3) is 0.333. The van der Waals surface area contributed by atoms with Crippen LogP contribution in [0, 0.1) is 18.6 Å². The maximum Gasteiger partial charge on any atom is 0.260 e. The molecule has 1 aromatic rings. The lowest BCUT2D eigenvalue weighted by Gasteiger charge is -2.20. The first-order valence-corrected chi connectivity index (χ1v) is 5.62. The highest BCUT2D eigenvalue weighted by atomic mass is 19.1. The molecular weight excluding hydrogens is 256 g/mol. The molecule has 1 aromatic carbocycles. The number of amides is 1. The van der Waals surface area contributed by atoms with Gasteiger partial charge in [0.1, 0.15) is 17.2 Å². The summed E-state index contributed by atoms with van der Waals surface area (Å²) in [6, 6.07) is 2.28. The molecule has 3 N–H and O–H groups in total. The van der Waals surface area contributed by atoms with E-state index in [1.165, 1.54) is 13.0 Å². The van der Waals surface area contributed by atoms with Gasteiger partial charge in [-0.15, -0.1) is 0 Å². The van der Waals surface area contributed by atoms with Crippen molar-refractivity contribution in [2.45, 2.75) is 13.8 Å². The number of nitrogens with zero attached hydrogens (tertiary/aromatic N) is 2. The summed E-state index contributed by atoms with van der Waals surface area (Å²) in [7, 11) is 0. The van der Waals surface area contributed by atoms with Gasteiger partial charge in [0, 0.05) is 6.54 Å². The molecule has 0 aliphatic rings. The molecule has 0 atom stereocenters. The van der Waals surface area contributed by atoms with E-state index in [-0.39, 0.29) is 24.5 Å². The number of rotatable bonds is 4. The minimum absolute atomic E-state index is 0.169. The highest BCUT2D eigenvalue weighted by Gasteiger charge is 2.24. The SMILES string of the molecule is CCN(C/C(N)=N/O)C(=O)c1c(F)ccc(C)c1F. The fourth-order valence-corrected chi connectivity index (χ4v) is 1.57. The molecule has 0 saturated carbocycles. The van der Waals surface area contributed by atoms with Crippen LogP contribution in [0.25, 0.3) is 0 Å². The van der Waals surface area contributed by atoms with Crippen LogP contribution in [-0.2, 0) is 0 Å².